The lowest BCUT2D eigenvalue weighted by atomic mass is 10.2. The van der Waals surface area contributed by atoms with Gasteiger partial charge in [0.05, 0.1) is 18.3 Å². The maximum Gasteiger partial charge on any atom is 0.330 e. The minimum atomic E-state index is -0.765. The van der Waals surface area contributed by atoms with Gasteiger partial charge in [0.15, 0.2) is 5.69 Å². The molecule has 1 aromatic carbocycles. The number of nitrogen functional groups attached to an aromatic ring is 1. The molecule has 3 aromatic heterocycles. The predicted octanol–water partition coefficient (Wildman–Crippen LogP) is 1.92. The van der Waals surface area contributed by atoms with Crippen LogP contribution in [0.5, 0.6) is 0 Å². The van der Waals surface area contributed by atoms with Crippen molar-refractivity contribution in [3.8, 4) is 0 Å². The van der Waals surface area contributed by atoms with E-state index in [-0.39, 0.29) is 30.2 Å². The number of rotatable bonds is 8. The molecule has 4 aromatic rings. The lowest BCUT2D eigenvalue weighted by molar-refractivity contribution is -0.119. The normalized spacial score (nSPS) is 11.1. The number of aromatic amines is 1. The number of carbonyl (C=O) groups excluding carboxylic acids is 1. The summed E-state index contributed by atoms with van der Waals surface area (Å²) in [4.78, 5) is 59.9. The van der Waals surface area contributed by atoms with Crippen molar-refractivity contribution in [1.82, 2.24) is 19.1 Å². The van der Waals surface area contributed by atoms with Gasteiger partial charge in [-0.05, 0) is 23.4 Å². The van der Waals surface area contributed by atoms with Gasteiger partial charge in [-0.15, -0.1) is 11.3 Å². The molecule has 34 heavy (non-hydrogen) atoms. The van der Waals surface area contributed by atoms with E-state index in [1.54, 1.807) is 11.4 Å². The van der Waals surface area contributed by atoms with Crippen LogP contribution in [0.25, 0.3) is 10.2 Å². The van der Waals surface area contributed by atoms with Crippen LogP contribution < -0.4 is 27.4 Å². The summed E-state index contributed by atoms with van der Waals surface area (Å²) in [5.41, 5.74) is 5.15. The lowest BCUT2D eigenvalue weighted by Crippen LogP contribution is -2.43. The Bertz CT molecular complexity index is 1500. The smallest absolute Gasteiger partial charge is 0.330 e. The van der Waals surface area contributed by atoms with Gasteiger partial charge >= 0.3 is 5.69 Å². The number of aromatic nitrogens is 4. The Morgan fingerprint density at radius 2 is 1.94 bits per heavy atom. The van der Waals surface area contributed by atoms with Gasteiger partial charge in [-0.1, -0.05) is 43.7 Å². The topological polar surface area (TPSA) is 136 Å². The largest absolute Gasteiger partial charge is 0.383 e. The number of H-pyrrole nitrogens is 1. The molecular formula is C23H24N6O4S. The van der Waals surface area contributed by atoms with Crippen LogP contribution in [0.15, 0.2) is 62.5 Å². The molecule has 0 radical (unpaired) electrons. The second-order valence-corrected chi connectivity index (χ2v) is 8.68. The summed E-state index contributed by atoms with van der Waals surface area (Å²) in [6.45, 7) is 1.95. The van der Waals surface area contributed by atoms with Gasteiger partial charge in [-0.3, -0.25) is 33.4 Å². The minimum Gasteiger partial charge on any atom is -0.383 e. The first kappa shape index (κ1) is 23.2. The molecule has 10 nitrogen and oxygen atoms in total. The van der Waals surface area contributed by atoms with Crippen LogP contribution in [-0.4, -0.2) is 25.0 Å². The van der Waals surface area contributed by atoms with Crippen LogP contribution in [0.1, 0.15) is 25.3 Å². The van der Waals surface area contributed by atoms with E-state index in [0.29, 0.717) is 23.2 Å². The van der Waals surface area contributed by atoms with Crippen LogP contribution in [0, 0.1) is 0 Å². The Hall–Kier alpha value is -3.99. The molecule has 0 fully saturated rings. The van der Waals surface area contributed by atoms with E-state index in [1.807, 2.05) is 37.3 Å². The zero-order chi connectivity index (χ0) is 24.2. The molecule has 11 heteroatoms. The molecule has 3 heterocycles. The SMILES string of the molecule is CCCCn1c(N)c(N(Cc2ccccc2)C(=O)Cn2cnc3sccc3c2=O)c(=O)[nH]c1=O. The quantitative estimate of drug-likeness (QED) is 0.395. The molecule has 0 spiro atoms. The van der Waals surface area contributed by atoms with E-state index < -0.39 is 17.2 Å². The van der Waals surface area contributed by atoms with Crippen molar-refractivity contribution in [2.75, 3.05) is 10.6 Å². The second-order valence-electron chi connectivity index (χ2n) is 7.78. The molecule has 0 aliphatic carbocycles. The first-order valence-corrected chi connectivity index (χ1v) is 11.7. The third-order valence-electron chi connectivity index (χ3n) is 5.46. The maximum atomic E-state index is 13.5. The third-order valence-corrected chi connectivity index (χ3v) is 6.28. The van der Waals surface area contributed by atoms with Crippen LogP contribution in [0.3, 0.4) is 0 Å². The number of nitrogens with zero attached hydrogens (tertiary/aromatic N) is 4. The fourth-order valence-electron chi connectivity index (χ4n) is 3.67. The first-order chi connectivity index (χ1) is 16.4. The molecule has 0 aliphatic heterocycles. The summed E-state index contributed by atoms with van der Waals surface area (Å²) in [5.74, 6) is -0.634. The van der Waals surface area contributed by atoms with Crippen LogP contribution in [-0.2, 0) is 24.4 Å². The van der Waals surface area contributed by atoms with Gasteiger partial charge in [0.1, 0.15) is 17.2 Å². The lowest BCUT2D eigenvalue weighted by Gasteiger charge is -2.25. The Balaban J connectivity index is 1.79. The van der Waals surface area contributed by atoms with Crippen molar-refractivity contribution < 1.29 is 4.79 Å². The molecule has 1 amide bonds. The Labute approximate surface area is 197 Å². The minimum absolute atomic E-state index is 0.0296. The molecule has 0 aliphatic rings. The highest BCUT2D eigenvalue weighted by atomic mass is 32.1. The summed E-state index contributed by atoms with van der Waals surface area (Å²) in [6.07, 6.45) is 2.80. The standard InChI is InChI=1S/C23H24N6O4S/c1-2-3-10-28-19(24)18(20(31)26-23(28)33)29(12-15-7-5-4-6-8-15)17(30)13-27-14-25-21-16(22(27)32)9-11-34-21/h4-9,11,14H,2-3,10,12-13,24H2,1H3,(H,26,31,33). The highest BCUT2D eigenvalue weighted by molar-refractivity contribution is 7.16. The van der Waals surface area contributed by atoms with Crippen molar-refractivity contribution in [3.05, 3.63) is 84.9 Å². The van der Waals surface area contributed by atoms with E-state index in [1.165, 1.54) is 31.7 Å². The van der Waals surface area contributed by atoms with Crippen molar-refractivity contribution in [3.63, 3.8) is 0 Å². The molecule has 176 valence electrons. The summed E-state index contributed by atoms with van der Waals surface area (Å²) in [7, 11) is 0. The Kier molecular flexibility index (Phi) is 6.73. The number of hydrogen-bond acceptors (Lipinski definition) is 7. The Morgan fingerprint density at radius 3 is 2.68 bits per heavy atom. The van der Waals surface area contributed by atoms with E-state index in [4.69, 9.17) is 5.73 Å². The zero-order valence-electron chi connectivity index (χ0n) is 18.6. The predicted molar refractivity (Wildman–Crippen MR) is 132 cm³/mol. The maximum absolute atomic E-state index is 13.5. The summed E-state index contributed by atoms with van der Waals surface area (Å²) >= 11 is 1.33. The summed E-state index contributed by atoms with van der Waals surface area (Å²) < 4.78 is 2.46. The number of fused-ring (bicyclic) bond motifs is 1. The van der Waals surface area contributed by atoms with Gasteiger partial charge in [0.2, 0.25) is 5.91 Å². The van der Waals surface area contributed by atoms with Gasteiger partial charge in [0.25, 0.3) is 11.1 Å². The van der Waals surface area contributed by atoms with Crippen molar-refractivity contribution in [1.29, 1.82) is 0 Å². The van der Waals surface area contributed by atoms with E-state index in [9.17, 15) is 19.2 Å². The number of carbonyl (C=O) groups is 1. The van der Waals surface area contributed by atoms with Gasteiger partial charge in [0, 0.05) is 6.54 Å². The Morgan fingerprint density at radius 1 is 1.18 bits per heavy atom. The molecular weight excluding hydrogens is 456 g/mol. The number of nitrogens with one attached hydrogen (secondary N) is 1. The van der Waals surface area contributed by atoms with Gasteiger partial charge in [-0.25, -0.2) is 9.78 Å². The number of amides is 1. The highest BCUT2D eigenvalue weighted by Crippen LogP contribution is 2.21. The molecule has 0 unspecified atom stereocenters. The molecule has 0 saturated carbocycles. The first-order valence-electron chi connectivity index (χ1n) is 10.8. The fraction of sp³-hybridized carbons (Fsp3) is 0.261. The van der Waals surface area contributed by atoms with Crippen LogP contribution >= 0.6 is 11.3 Å². The number of unbranched alkanes of at least 4 members (excludes halogenated alkanes) is 1. The molecule has 3 N–H and O–H groups in total. The highest BCUT2D eigenvalue weighted by Gasteiger charge is 2.25. The third kappa shape index (κ3) is 4.55. The second kappa shape index (κ2) is 9.87. The van der Waals surface area contributed by atoms with E-state index in [0.717, 1.165) is 12.0 Å². The molecule has 0 bridgehead atoms. The molecule has 4 rings (SSSR count). The number of hydrogen-bond donors (Lipinski definition) is 2. The van der Waals surface area contributed by atoms with Crippen molar-refractivity contribution >= 4 is 39.0 Å². The monoisotopic (exact) mass is 480 g/mol. The fourth-order valence-corrected chi connectivity index (χ4v) is 4.39. The van der Waals surface area contributed by atoms with Crippen molar-refractivity contribution in [2.45, 2.75) is 39.4 Å². The van der Waals surface area contributed by atoms with Crippen molar-refractivity contribution in [2.24, 2.45) is 0 Å². The number of thiophene rings is 1. The van der Waals surface area contributed by atoms with Crippen LogP contribution in [0.2, 0.25) is 0 Å². The number of anilines is 2. The summed E-state index contributed by atoms with van der Waals surface area (Å²) in [6, 6.07) is 10.7. The van der Waals surface area contributed by atoms with E-state index >= 15 is 0 Å². The average Bonchev–Trinajstić information content (AvgIpc) is 3.30. The van der Waals surface area contributed by atoms with E-state index in [2.05, 4.69) is 9.97 Å². The number of nitrogens with two attached hydrogens (primary N) is 1. The molecule has 0 atom stereocenters. The summed E-state index contributed by atoms with van der Waals surface area (Å²) in [5, 5.41) is 2.17. The average molecular weight is 481 g/mol. The number of benzene rings is 1. The van der Waals surface area contributed by atoms with Gasteiger partial charge < -0.3 is 5.73 Å². The van der Waals surface area contributed by atoms with Gasteiger partial charge in [-0.2, -0.15) is 0 Å². The zero-order valence-corrected chi connectivity index (χ0v) is 19.4. The van der Waals surface area contributed by atoms with Crippen LogP contribution in [0.4, 0.5) is 11.5 Å². The molecule has 0 saturated heterocycles.